The van der Waals surface area contributed by atoms with Crippen molar-refractivity contribution in [2.75, 3.05) is 31.5 Å². The highest BCUT2D eigenvalue weighted by atomic mass is 16.2. The molecule has 1 aromatic carbocycles. The zero-order chi connectivity index (χ0) is 18.5. The van der Waals surface area contributed by atoms with Gasteiger partial charge in [0, 0.05) is 36.9 Å². The SMILES string of the molecule is O=C(Nc1ccc(C=Cc2ccccn2)cc1)N1CCCC2(CCNC2)C1. The molecule has 0 bridgehead atoms. The minimum absolute atomic E-state index is 0.0118. The van der Waals surface area contributed by atoms with Crippen LogP contribution in [0, 0.1) is 5.41 Å². The average molecular weight is 362 g/mol. The fraction of sp³-hybridized carbons (Fsp3) is 0.364. The van der Waals surface area contributed by atoms with Gasteiger partial charge in [-0.05, 0) is 61.7 Å². The van der Waals surface area contributed by atoms with Gasteiger partial charge in [-0.15, -0.1) is 0 Å². The molecule has 1 atom stereocenters. The van der Waals surface area contributed by atoms with Crippen LogP contribution in [-0.4, -0.2) is 42.1 Å². The summed E-state index contributed by atoms with van der Waals surface area (Å²) in [6.07, 6.45) is 9.28. The van der Waals surface area contributed by atoms with E-state index in [1.807, 2.05) is 59.5 Å². The van der Waals surface area contributed by atoms with Crippen LogP contribution in [0.3, 0.4) is 0 Å². The Balaban J connectivity index is 1.35. The summed E-state index contributed by atoms with van der Waals surface area (Å²) in [5.41, 5.74) is 3.12. The molecule has 3 heterocycles. The Bertz CT molecular complexity index is 795. The molecule has 2 saturated heterocycles. The third-order valence-electron chi connectivity index (χ3n) is 5.58. The minimum atomic E-state index is 0.0118. The second-order valence-corrected chi connectivity index (χ2v) is 7.59. The first kappa shape index (κ1) is 17.7. The van der Waals surface area contributed by atoms with Gasteiger partial charge in [0.1, 0.15) is 0 Å². The number of nitrogens with zero attached hydrogens (tertiary/aromatic N) is 2. The van der Waals surface area contributed by atoms with Crippen LogP contribution in [0.5, 0.6) is 0 Å². The van der Waals surface area contributed by atoms with Gasteiger partial charge >= 0.3 is 6.03 Å². The molecule has 0 saturated carbocycles. The molecule has 2 amide bonds. The van der Waals surface area contributed by atoms with Crippen molar-refractivity contribution in [1.29, 1.82) is 0 Å². The van der Waals surface area contributed by atoms with Crippen molar-refractivity contribution in [3.05, 3.63) is 59.9 Å². The highest BCUT2D eigenvalue weighted by Gasteiger charge is 2.39. The number of hydrogen-bond donors (Lipinski definition) is 2. The maximum absolute atomic E-state index is 12.7. The Morgan fingerprint density at radius 1 is 1.15 bits per heavy atom. The Hall–Kier alpha value is -2.66. The van der Waals surface area contributed by atoms with Gasteiger partial charge in [-0.1, -0.05) is 24.3 Å². The third kappa shape index (κ3) is 4.37. The fourth-order valence-corrected chi connectivity index (χ4v) is 4.06. The molecular weight excluding hydrogens is 336 g/mol. The molecule has 5 heteroatoms. The number of piperidine rings is 1. The summed E-state index contributed by atoms with van der Waals surface area (Å²) < 4.78 is 0. The number of anilines is 1. The first-order valence-corrected chi connectivity index (χ1v) is 9.68. The molecular formula is C22H26N4O. The first-order chi connectivity index (χ1) is 13.2. The highest BCUT2D eigenvalue weighted by molar-refractivity contribution is 5.89. The summed E-state index contributed by atoms with van der Waals surface area (Å²) in [5.74, 6) is 0. The van der Waals surface area contributed by atoms with Crippen LogP contribution >= 0.6 is 0 Å². The number of pyridine rings is 1. The van der Waals surface area contributed by atoms with Crippen LogP contribution in [0.1, 0.15) is 30.5 Å². The summed E-state index contributed by atoms with van der Waals surface area (Å²) in [5, 5.41) is 6.50. The second kappa shape index (κ2) is 7.92. The predicted molar refractivity (Wildman–Crippen MR) is 109 cm³/mol. The molecule has 1 spiro atoms. The topological polar surface area (TPSA) is 57.3 Å². The van der Waals surface area contributed by atoms with E-state index in [-0.39, 0.29) is 11.4 Å². The van der Waals surface area contributed by atoms with E-state index in [0.717, 1.165) is 49.5 Å². The zero-order valence-electron chi connectivity index (χ0n) is 15.5. The molecule has 2 aliphatic heterocycles. The number of aromatic nitrogens is 1. The number of carbonyl (C=O) groups is 1. The van der Waals surface area contributed by atoms with E-state index in [4.69, 9.17) is 0 Å². The van der Waals surface area contributed by atoms with Crippen LogP contribution in [0.4, 0.5) is 10.5 Å². The number of urea groups is 1. The van der Waals surface area contributed by atoms with E-state index >= 15 is 0 Å². The number of likely N-dealkylation sites (tertiary alicyclic amines) is 1. The molecule has 2 aromatic rings. The first-order valence-electron chi connectivity index (χ1n) is 9.68. The van der Waals surface area contributed by atoms with Crippen molar-refractivity contribution < 1.29 is 4.79 Å². The Morgan fingerprint density at radius 3 is 2.78 bits per heavy atom. The highest BCUT2D eigenvalue weighted by Crippen LogP contribution is 2.35. The maximum atomic E-state index is 12.7. The van der Waals surface area contributed by atoms with E-state index in [9.17, 15) is 4.79 Å². The lowest BCUT2D eigenvalue weighted by atomic mass is 9.79. The molecule has 5 nitrogen and oxygen atoms in total. The minimum Gasteiger partial charge on any atom is -0.324 e. The van der Waals surface area contributed by atoms with Gasteiger partial charge in [-0.25, -0.2) is 4.79 Å². The lowest BCUT2D eigenvalue weighted by Gasteiger charge is -2.39. The molecule has 1 aromatic heterocycles. The van der Waals surface area contributed by atoms with Crippen LogP contribution < -0.4 is 10.6 Å². The predicted octanol–water partition coefficient (Wildman–Crippen LogP) is 3.86. The number of carbonyl (C=O) groups excluding carboxylic acids is 1. The molecule has 27 heavy (non-hydrogen) atoms. The fourth-order valence-electron chi connectivity index (χ4n) is 4.06. The van der Waals surface area contributed by atoms with Crippen molar-refractivity contribution in [2.45, 2.75) is 19.3 Å². The average Bonchev–Trinajstić information content (AvgIpc) is 3.15. The van der Waals surface area contributed by atoms with E-state index in [1.165, 1.54) is 12.8 Å². The van der Waals surface area contributed by atoms with Crippen molar-refractivity contribution >= 4 is 23.9 Å². The Morgan fingerprint density at radius 2 is 2.04 bits per heavy atom. The summed E-state index contributed by atoms with van der Waals surface area (Å²) in [4.78, 5) is 18.9. The largest absolute Gasteiger partial charge is 0.324 e. The van der Waals surface area contributed by atoms with Crippen molar-refractivity contribution in [3.8, 4) is 0 Å². The quantitative estimate of drug-likeness (QED) is 0.872. The molecule has 0 radical (unpaired) electrons. The van der Waals surface area contributed by atoms with Gasteiger partial charge in [-0.2, -0.15) is 0 Å². The lowest BCUT2D eigenvalue weighted by molar-refractivity contribution is 0.125. The van der Waals surface area contributed by atoms with Crippen molar-refractivity contribution in [3.63, 3.8) is 0 Å². The molecule has 2 N–H and O–H groups in total. The number of hydrogen-bond acceptors (Lipinski definition) is 3. The summed E-state index contributed by atoms with van der Waals surface area (Å²) in [6.45, 7) is 3.81. The van der Waals surface area contributed by atoms with Gasteiger partial charge in [0.2, 0.25) is 0 Å². The molecule has 1 unspecified atom stereocenters. The monoisotopic (exact) mass is 362 g/mol. The zero-order valence-corrected chi connectivity index (χ0v) is 15.5. The Kier molecular flexibility index (Phi) is 5.21. The van der Waals surface area contributed by atoms with Crippen LogP contribution in [0.2, 0.25) is 0 Å². The lowest BCUT2D eigenvalue weighted by Crippen LogP contribution is -2.48. The standard InChI is InChI=1S/C22H26N4O/c27-21(26-15-3-11-22(17-26)12-14-23-16-22)25-20-9-6-18(7-10-20)5-8-19-4-1-2-13-24-19/h1-2,4-10,13,23H,3,11-12,14-17H2,(H,25,27). The molecule has 4 rings (SSSR count). The Labute approximate surface area is 160 Å². The van der Waals surface area contributed by atoms with Gasteiger partial charge in [0.05, 0.1) is 5.69 Å². The smallest absolute Gasteiger partial charge is 0.321 e. The van der Waals surface area contributed by atoms with E-state index in [0.29, 0.717) is 0 Å². The summed E-state index contributed by atoms with van der Waals surface area (Å²) in [7, 11) is 0. The molecule has 140 valence electrons. The van der Waals surface area contributed by atoms with Gasteiger partial charge in [0.15, 0.2) is 0 Å². The van der Waals surface area contributed by atoms with Gasteiger partial charge in [-0.3, -0.25) is 4.98 Å². The van der Waals surface area contributed by atoms with Crippen molar-refractivity contribution in [1.82, 2.24) is 15.2 Å². The van der Waals surface area contributed by atoms with Crippen LogP contribution in [-0.2, 0) is 0 Å². The summed E-state index contributed by atoms with van der Waals surface area (Å²) >= 11 is 0. The van der Waals surface area contributed by atoms with Crippen LogP contribution in [0.25, 0.3) is 12.2 Å². The van der Waals surface area contributed by atoms with E-state index in [2.05, 4.69) is 15.6 Å². The number of amides is 2. The molecule has 0 aliphatic carbocycles. The van der Waals surface area contributed by atoms with Crippen molar-refractivity contribution in [2.24, 2.45) is 5.41 Å². The van der Waals surface area contributed by atoms with E-state index in [1.54, 1.807) is 6.20 Å². The number of benzene rings is 1. The number of rotatable bonds is 3. The molecule has 2 fully saturated rings. The molecule has 2 aliphatic rings. The van der Waals surface area contributed by atoms with Crippen LogP contribution in [0.15, 0.2) is 48.7 Å². The van der Waals surface area contributed by atoms with Gasteiger partial charge in [0.25, 0.3) is 0 Å². The van der Waals surface area contributed by atoms with Gasteiger partial charge < -0.3 is 15.5 Å². The maximum Gasteiger partial charge on any atom is 0.321 e. The summed E-state index contributed by atoms with van der Waals surface area (Å²) in [6, 6.07) is 13.8. The third-order valence-corrected chi connectivity index (χ3v) is 5.58. The second-order valence-electron chi connectivity index (χ2n) is 7.59. The number of nitrogens with one attached hydrogen (secondary N) is 2. The van der Waals surface area contributed by atoms with E-state index < -0.39 is 0 Å². The normalized spacial score (nSPS) is 22.4.